The summed E-state index contributed by atoms with van der Waals surface area (Å²) in [6, 6.07) is 11.9. The van der Waals surface area contributed by atoms with Crippen LogP contribution in [0.3, 0.4) is 0 Å². The Bertz CT molecular complexity index is 888. The van der Waals surface area contributed by atoms with Crippen molar-refractivity contribution in [3.63, 3.8) is 0 Å². The van der Waals surface area contributed by atoms with Crippen molar-refractivity contribution in [1.82, 2.24) is 5.32 Å². The fourth-order valence-corrected chi connectivity index (χ4v) is 2.33. The summed E-state index contributed by atoms with van der Waals surface area (Å²) in [5.74, 6) is -0.718. The highest BCUT2D eigenvalue weighted by atomic mass is 16.5. The van der Waals surface area contributed by atoms with E-state index in [1.165, 1.54) is 6.08 Å². The number of urea groups is 1. The summed E-state index contributed by atoms with van der Waals surface area (Å²) in [7, 11) is 1.56. The molecule has 7 heteroatoms. The zero-order valence-corrected chi connectivity index (χ0v) is 15.9. The lowest BCUT2D eigenvalue weighted by atomic mass is 10.1. The Hall–Kier alpha value is -3.61. The second-order valence-corrected chi connectivity index (χ2v) is 6.03. The van der Waals surface area contributed by atoms with Gasteiger partial charge < -0.3 is 14.8 Å². The molecule has 0 spiro atoms. The van der Waals surface area contributed by atoms with Crippen LogP contribution in [0, 0.1) is 13.8 Å². The van der Waals surface area contributed by atoms with Gasteiger partial charge in [-0.3, -0.25) is 10.1 Å². The zero-order chi connectivity index (χ0) is 20.5. The monoisotopic (exact) mass is 382 g/mol. The van der Waals surface area contributed by atoms with Crippen LogP contribution in [0.4, 0.5) is 10.5 Å². The highest BCUT2D eigenvalue weighted by molar-refractivity contribution is 6.02. The number of esters is 1. The van der Waals surface area contributed by atoms with Crippen molar-refractivity contribution in [2.75, 3.05) is 19.0 Å². The Labute approximate surface area is 163 Å². The fraction of sp³-hybridized carbons (Fsp3) is 0.190. The summed E-state index contributed by atoms with van der Waals surface area (Å²) in [6.45, 7) is 3.23. The zero-order valence-electron chi connectivity index (χ0n) is 15.9. The molecule has 0 bridgehead atoms. The molecule has 146 valence electrons. The second-order valence-electron chi connectivity index (χ2n) is 6.03. The molecule has 0 saturated heterocycles. The van der Waals surface area contributed by atoms with Crippen LogP contribution in [0.5, 0.6) is 5.75 Å². The minimum absolute atomic E-state index is 0.563. The number of benzene rings is 2. The molecule has 0 heterocycles. The van der Waals surface area contributed by atoms with Crippen LogP contribution < -0.4 is 15.4 Å². The number of hydrogen-bond donors (Lipinski definition) is 2. The number of amides is 3. The maximum atomic E-state index is 11.9. The lowest BCUT2D eigenvalue weighted by Crippen LogP contribution is -2.37. The summed E-state index contributed by atoms with van der Waals surface area (Å²) in [6.07, 6.45) is 2.75. The third kappa shape index (κ3) is 6.60. The first-order chi connectivity index (χ1) is 13.4. The molecule has 2 rings (SSSR count). The average molecular weight is 382 g/mol. The Kier molecular flexibility index (Phi) is 7.33. The summed E-state index contributed by atoms with van der Waals surface area (Å²) >= 11 is 0. The normalized spacial score (nSPS) is 10.4. The number of hydrogen-bond acceptors (Lipinski definition) is 5. The quantitative estimate of drug-likeness (QED) is 0.591. The van der Waals surface area contributed by atoms with E-state index in [0.717, 1.165) is 16.7 Å². The van der Waals surface area contributed by atoms with E-state index in [1.54, 1.807) is 43.5 Å². The van der Waals surface area contributed by atoms with E-state index < -0.39 is 24.5 Å². The van der Waals surface area contributed by atoms with Crippen LogP contribution in [0.15, 0.2) is 48.5 Å². The number of rotatable bonds is 6. The molecular weight excluding hydrogens is 360 g/mol. The van der Waals surface area contributed by atoms with Gasteiger partial charge in [0, 0.05) is 11.8 Å². The summed E-state index contributed by atoms with van der Waals surface area (Å²) in [5, 5.41) is 4.68. The van der Waals surface area contributed by atoms with E-state index in [2.05, 4.69) is 10.6 Å². The first kappa shape index (κ1) is 20.7. The van der Waals surface area contributed by atoms with Crippen LogP contribution in [-0.2, 0) is 14.3 Å². The Morgan fingerprint density at radius 1 is 1.04 bits per heavy atom. The lowest BCUT2D eigenvalue weighted by molar-refractivity contribution is -0.143. The molecule has 0 aliphatic rings. The number of ether oxygens (including phenoxy) is 2. The number of carbonyl (C=O) groups excluding carboxylic acids is 3. The van der Waals surface area contributed by atoms with E-state index in [4.69, 9.17) is 9.47 Å². The van der Waals surface area contributed by atoms with Crippen molar-refractivity contribution >= 4 is 29.7 Å². The van der Waals surface area contributed by atoms with Gasteiger partial charge in [0.15, 0.2) is 6.61 Å². The minimum atomic E-state index is -0.728. The van der Waals surface area contributed by atoms with Crippen molar-refractivity contribution in [1.29, 1.82) is 0 Å². The van der Waals surface area contributed by atoms with Gasteiger partial charge in [0.25, 0.3) is 5.91 Å². The van der Waals surface area contributed by atoms with Gasteiger partial charge in [-0.05, 0) is 49.2 Å². The van der Waals surface area contributed by atoms with Gasteiger partial charge in [-0.25, -0.2) is 9.59 Å². The summed E-state index contributed by atoms with van der Waals surface area (Å²) in [4.78, 5) is 35.3. The van der Waals surface area contributed by atoms with Gasteiger partial charge in [-0.1, -0.05) is 29.8 Å². The average Bonchev–Trinajstić information content (AvgIpc) is 2.67. The van der Waals surface area contributed by atoms with Crippen molar-refractivity contribution in [3.8, 4) is 5.75 Å². The van der Waals surface area contributed by atoms with Crippen molar-refractivity contribution < 1.29 is 23.9 Å². The Morgan fingerprint density at radius 2 is 1.75 bits per heavy atom. The van der Waals surface area contributed by atoms with Crippen molar-refractivity contribution in [3.05, 3.63) is 65.2 Å². The number of anilines is 1. The standard InChI is InChI=1S/C21H22N2O5/c1-14-4-10-18(15(2)12-14)22-21(26)23-19(24)13-28-20(25)11-7-16-5-8-17(27-3)9-6-16/h4-12H,13H2,1-3H3,(H2,22,23,24,26)/b11-7+. The lowest BCUT2D eigenvalue weighted by Gasteiger charge is -2.09. The summed E-state index contributed by atoms with van der Waals surface area (Å²) in [5.41, 5.74) is 3.30. The van der Waals surface area contributed by atoms with Crippen LogP contribution in [0.25, 0.3) is 6.08 Å². The van der Waals surface area contributed by atoms with E-state index in [1.807, 2.05) is 26.0 Å². The van der Waals surface area contributed by atoms with Gasteiger partial charge in [-0.15, -0.1) is 0 Å². The SMILES string of the molecule is COc1ccc(/C=C/C(=O)OCC(=O)NC(=O)Nc2ccc(C)cc2C)cc1. The molecule has 0 unspecified atom stereocenters. The third-order valence-electron chi connectivity index (χ3n) is 3.76. The molecule has 2 N–H and O–H groups in total. The molecule has 0 aromatic heterocycles. The van der Waals surface area contributed by atoms with Gasteiger partial charge in [0.2, 0.25) is 0 Å². The summed E-state index contributed by atoms with van der Waals surface area (Å²) < 4.78 is 9.87. The smallest absolute Gasteiger partial charge is 0.331 e. The Balaban J connectivity index is 1.76. The molecule has 0 aliphatic heterocycles. The fourth-order valence-electron chi connectivity index (χ4n) is 2.33. The maximum absolute atomic E-state index is 11.9. The highest BCUT2D eigenvalue weighted by Gasteiger charge is 2.11. The third-order valence-corrected chi connectivity index (χ3v) is 3.76. The van der Waals surface area contributed by atoms with Gasteiger partial charge in [0.1, 0.15) is 5.75 Å². The minimum Gasteiger partial charge on any atom is -0.497 e. The molecule has 0 atom stereocenters. The molecule has 2 aromatic carbocycles. The number of methoxy groups -OCH3 is 1. The highest BCUT2D eigenvalue weighted by Crippen LogP contribution is 2.15. The molecule has 7 nitrogen and oxygen atoms in total. The van der Waals surface area contributed by atoms with E-state index >= 15 is 0 Å². The number of aryl methyl sites for hydroxylation is 2. The predicted octanol–water partition coefficient (Wildman–Crippen LogP) is 3.22. The maximum Gasteiger partial charge on any atom is 0.331 e. The predicted molar refractivity (Wildman–Crippen MR) is 106 cm³/mol. The first-order valence-electron chi connectivity index (χ1n) is 8.54. The largest absolute Gasteiger partial charge is 0.497 e. The number of carbonyl (C=O) groups is 3. The molecule has 0 radical (unpaired) electrons. The van der Waals surface area contributed by atoms with Crippen LogP contribution in [0.2, 0.25) is 0 Å². The van der Waals surface area contributed by atoms with Crippen LogP contribution in [0.1, 0.15) is 16.7 Å². The number of imide groups is 1. The molecule has 3 amide bonds. The topological polar surface area (TPSA) is 93.7 Å². The molecule has 0 fully saturated rings. The van der Waals surface area contributed by atoms with Crippen LogP contribution >= 0.6 is 0 Å². The van der Waals surface area contributed by atoms with Crippen LogP contribution in [-0.4, -0.2) is 31.6 Å². The van der Waals surface area contributed by atoms with E-state index in [9.17, 15) is 14.4 Å². The van der Waals surface area contributed by atoms with Crippen molar-refractivity contribution in [2.24, 2.45) is 0 Å². The molecule has 2 aromatic rings. The molecular formula is C21H22N2O5. The van der Waals surface area contributed by atoms with E-state index in [-0.39, 0.29) is 0 Å². The molecule has 0 saturated carbocycles. The second kappa shape index (κ2) is 9.91. The molecule has 28 heavy (non-hydrogen) atoms. The van der Waals surface area contributed by atoms with Crippen molar-refractivity contribution in [2.45, 2.75) is 13.8 Å². The van der Waals surface area contributed by atoms with E-state index in [0.29, 0.717) is 11.4 Å². The Morgan fingerprint density at radius 3 is 2.39 bits per heavy atom. The van der Waals surface area contributed by atoms with Gasteiger partial charge in [0.05, 0.1) is 7.11 Å². The molecule has 0 aliphatic carbocycles. The van der Waals surface area contributed by atoms with Gasteiger partial charge >= 0.3 is 12.0 Å². The van der Waals surface area contributed by atoms with Gasteiger partial charge in [-0.2, -0.15) is 0 Å². The number of nitrogens with one attached hydrogen (secondary N) is 2. The first-order valence-corrected chi connectivity index (χ1v) is 8.54.